The zero-order chi connectivity index (χ0) is 13.4. The lowest BCUT2D eigenvalue weighted by Gasteiger charge is -1.98. The topological polar surface area (TPSA) is 184 Å². The van der Waals surface area contributed by atoms with Gasteiger partial charge in [0.15, 0.2) is 17.5 Å². The molecule has 0 bridgehead atoms. The van der Waals surface area contributed by atoms with Crippen molar-refractivity contribution in [1.82, 2.24) is 19.9 Å². The van der Waals surface area contributed by atoms with Crippen LogP contribution in [-0.4, -0.2) is 26.3 Å². The molecule has 0 aliphatic heterocycles. The second-order valence-corrected chi connectivity index (χ2v) is 2.68. The van der Waals surface area contributed by atoms with Crippen LogP contribution in [0.15, 0.2) is 27.4 Å². The Morgan fingerprint density at radius 1 is 1.44 bits per heavy atom. The van der Waals surface area contributed by atoms with Gasteiger partial charge in [-0.15, -0.1) is 5.11 Å². The number of aromatic amines is 1. The SMILES string of the molecule is N=NC=NN.NNc1nc2nccnc2c(=O)[nH]1. The van der Waals surface area contributed by atoms with E-state index >= 15 is 0 Å². The highest BCUT2D eigenvalue weighted by Gasteiger charge is 2.03. The van der Waals surface area contributed by atoms with Crippen LogP contribution in [-0.2, 0) is 0 Å². The van der Waals surface area contributed by atoms with Gasteiger partial charge in [0, 0.05) is 12.4 Å². The quantitative estimate of drug-likeness (QED) is 0.147. The summed E-state index contributed by atoms with van der Waals surface area (Å²) in [5, 5.41) is 5.56. The zero-order valence-electron chi connectivity index (χ0n) is 9.03. The molecule has 0 aromatic carbocycles. The first kappa shape index (κ1) is 13.1. The standard InChI is InChI=1S/C6H6N6O.CH4N4/c7-12-6-10-4-3(5(13)11-6)8-1-2-9-4;2-4-1-5-3/h1-2H,7H2,(H2,9,10,11,12,13);1-2H,3H2. The summed E-state index contributed by atoms with van der Waals surface area (Å²) < 4.78 is 0. The number of fused-ring (bicyclic) bond motifs is 1. The second kappa shape index (κ2) is 6.59. The van der Waals surface area contributed by atoms with E-state index in [1.54, 1.807) is 0 Å². The van der Waals surface area contributed by atoms with Crippen LogP contribution in [0.1, 0.15) is 0 Å². The summed E-state index contributed by atoms with van der Waals surface area (Å²) in [5.74, 6) is 9.74. The summed E-state index contributed by atoms with van der Waals surface area (Å²) in [6.07, 6.45) is 3.82. The van der Waals surface area contributed by atoms with Gasteiger partial charge in [-0.2, -0.15) is 10.1 Å². The molecular weight excluding hydrogens is 240 g/mol. The number of hydrogen-bond donors (Lipinski definition) is 5. The van der Waals surface area contributed by atoms with Crippen LogP contribution in [0.25, 0.3) is 11.2 Å². The van der Waals surface area contributed by atoms with E-state index in [-0.39, 0.29) is 22.7 Å². The average Bonchev–Trinajstić information content (AvgIpc) is 2.40. The molecule has 2 aromatic rings. The molecule has 0 atom stereocenters. The molecule has 2 rings (SSSR count). The first-order valence-corrected chi connectivity index (χ1v) is 4.49. The molecule has 0 amide bonds. The van der Waals surface area contributed by atoms with E-state index in [2.05, 4.69) is 41.4 Å². The Kier molecular flexibility index (Phi) is 4.80. The Bertz CT molecular complexity index is 604. The van der Waals surface area contributed by atoms with Crippen molar-refractivity contribution < 1.29 is 0 Å². The van der Waals surface area contributed by atoms with E-state index in [1.807, 2.05) is 0 Å². The van der Waals surface area contributed by atoms with Crippen molar-refractivity contribution in [2.75, 3.05) is 5.43 Å². The van der Waals surface area contributed by atoms with E-state index in [0.717, 1.165) is 6.34 Å². The fourth-order valence-corrected chi connectivity index (χ4v) is 0.975. The molecule has 0 unspecified atom stereocenters. The summed E-state index contributed by atoms with van der Waals surface area (Å²) in [4.78, 5) is 25.2. The van der Waals surface area contributed by atoms with Gasteiger partial charge in [0.1, 0.15) is 0 Å². The molecule has 7 N–H and O–H groups in total. The van der Waals surface area contributed by atoms with Gasteiger partial charge in [-0.3, -0.25) is 15.2 Å². The third kappa shape index (κ3) is 3.28. The molecule has 0 spiro atoms. The van der Waals surface area contributed by atoms with Gasteiger partial charge in [0.05, 0.1) is 0 Å². The number of nitrogen functional groups attached to an aromatic ring is 1. The zero-order valence-corrected chi connectivity index (χ0v) is 9.03. The lowest BCUT2D eigenvalue weighted by Crippen LogP contribution is -2.17. The number of aromatic nitrogens is 4. The highest BCUT2D eigenvalue weighted by Crippen LogP contribution is 1.99. The van der Waals surface area contributed by atoms with Gasteiger partial charge < -0.3 is 5.84 Å². The van der Waals surface area contributed by atoms with E-state index in [0.29, 0.717) is 0 Å². The smallest absolute Gasteiger partial charge is 0.280 e. The van der Waals surface area contributed by atoms with Crippen molar-refractivity contribution in [3.05, 3.63) is 22.7 Å². The van der Waals surface area contributed by atoms with Crippen LogP contribution in [0.5, 0.6) is 0 Å². The first-order valence-electron chi connectivity index (χ1n) is 4.49. The summed E-state index contributed by atoms with van der Waals surface area (Å²) in [7, 11) is 0. The van der Waals surface area contributed by atoms with Crippen LogP contribution in [0.4, 0.5) is 5.95 Å². The molecule has 2 heterocycles. The van der Waals surface area contributed by atoms with Crippen molar-refractivity contribution in [2.45, 2.75) is 0 Å². The van der Waals surface area contributed by atoms with Gasteiger partial charge in [-0.25, -0.2) is 21.3 Å². The van der Waals surface area contributed by atoms with E-state index < -0.39 is 0 Å². The average molecular weight is 250 g/mol. The normalized spacial score (nSPS) is 9.83. The molecule has 0 aliphatic carbocycles. The molecule has 0 aliphatic rings. The van der Waals surface area contributed by atoms with Crippen LogP contribution in [0.2, 0.25) is 0 Å². The first-order chi connectivity index (χ1) is 8.72. The van der Waals surface area contributed by atoms with Crippen molar-refractivity contribution in [3.8, 4) is 0 Å². The van der Waals surface area contributed by atoms with Gasteiger partial charge in [0.25, 0.3) is 5.56 Å². The predicted molar refractivity (Wildman–Crippen MR) is 63.6 cm³/mol. The highest BCUT2D eigenvalue weighted by molar-refractivity contribution is 5.68. The maximum Gasteiger partial charge on any atom is 0.280 e. The monoisotopic (exact) mass is 250 g/mol. The number of hydrazone groups is 1. The Hall–Kier alpha value is -2.95. The Morgan fingerprint density at radius 3 is 2.72 bits per heavy atom. The lowest BCUT2D eigenvalue weighted by atomic mass is 10.5. The summed E-state index contributed by atoms with van der Waals surface area (Å²) in [6, 6.07) is 0. The lowest BCUT2D eigenvalue weighted by molar-refractivity contribution is 1.08. The predicted octanol–water partition coefficient (Wildman–Crippen LogP) is -1.08. The van der Waals surface area contributed by atoms with Gasteiger partial charge >= 0.3 is 0 Å². The fourth-order valence-electron chi connectivity index (χ4n) is 0.975. The molecule has 11 nitrogen and oxygen atoms in total. The van der Waals surface area contributed by atoms with E-state index in [4.69, 9.17) is 11.4 Å². The highest BCUT2D eigenvalue weighted by atomic mass is 16.1. The van der Waals surface area contributed by atoms with Crippen molar-refractivity contribution in [1.29, 1.82) is 5.53 Å². The second-order valence-electron chi connectivity index (χ2n) is 2.68. The van der Waals surface area contributed by atoms with E-state index in [9.17, 15) is 4.79 Å². The number of nitrogens with one attached hydrogen (secondary N) is 3. The van der Waals surface area contributed by atoms with E-state index in [1.165, 1.54) is 12.4 Å². The van der Waals surface area contributed by atoms with Gasteiger partial charge in [-0.05, 0) is 0 Å². The van der Waals surface area contributed by atoms with Crippen LogP contribution < -0.4 is 22.7 Å². The Balaban J connectivity index is 0.000000280. The molecule has 0 saturated carbocycles. The maximum atomic E-state index is 11.3. The number of nitrogens with two attached hydrogens (primary N) is 2. The molecule has 11 heteroatoms. The molecule has 0 saturated heterocycles. The third-order valence-corrected chi connectivity index (χ3v) is 1.60. The number of rotatable bonds is 2. The number of anilines is 1. The van der Waals surface area contributed by atoms with Crippen LogP contribution >= 0.6 is 0 Å². The molecule has 94 valence electrons. The summed E-state index contributed by atoms with van der Waals surface area (Å²) in [6.45, 7) is 0. The Morgan fingerprint density at radius 2 is 2.17 bits per heavy atom. The molecule has 2 aromatic heterocycles. The minimum atomic E-state index is -0.369. The largest absolute Gasteiger partial charge is 0.322 e. The maximum absolute atomic E-state index is 11.3. The van der Waals surface area contributed by atoms with Crippen LogP contribution in [0, 0.1) is 5.53 Å². The van der Waals surface area contributed by atoms with Crippen LogP contribution in [0.3, 0.4) is 0 Å². The third-order valence-electron chi connectivity index (χ3n) is 1.60. The number of nitrogens with zero attached hydrogens (tertiary/aromatic N) is 5. The summed E-state index contributed by atoms with van der Waals surface area (Å²) in [5.41, 5.74) is 8.31. The van der Waals surface area contributed by atoms with Gasteiger partial charge in [0.2, 0.25) is 5.95 Å². The number of H-pyrrole nitrogens is 1. The minimum Gasteiger partial charge on any atom is -0.322 e. The Labute approximate surface area is 99.8 Å². The van der Waals surface area contributed by atoms with Crippen molar-refractivity contribution in [3.63, 3.8) is 0 Å². The molecule has 0 fully saturated rings. The number of hydrazine groups is 1. The number of hydrogen-bond acceptors (Lipinski definition) is 9. The molecule has 0 radical (unpaired) electrons. The van der Waals surface area contributed by atoms with Gasteiger partial charge in [-0.1, -0.05) is 0 Å². The van der Waals surface area contributed by atoms with Crippen molar-refractivity contribution >= 4 is 23.5 Å². The molecular formula is C7H10N10O. The summed E-state index contributed by atoms with van der Waals surface area (Å²) >= 11 is 0. The fraction of sp³-hybridized carbons (Fsp3) is 0. The minimum absolute atomic E-state index is 0.165. The van der Waals surface area contributed by atoms with Crippen molar-refractivity contribution in [2.24, 2.45) is 21.9 Å². The molecule has 18 heavy (non-hydrogen) atoms.